The van der Waals surface area contributed by atoms with Crippen LogP contribution in [0, 0.1) is 0 Å². The summed E-state index contributed by atoms with van der Waals surface area (Å²) in [6, 6.07) is 0. The lowest BCUT2D eigenvalue weighted by Gasteiger charge is -2.04. The summed E-state index contributed by atoms with van der Waals surface area (Å²) in [4.78, 5) is 22.4. The molecule has 0 fully saturated rings. The van der Waals surface area contributed by atoms with Gasteiger partial charge in [-0.25, -0.2) is 4.79 Å². The van der Waals surface area contributed by atoms with Crippen molar-refractivity contribution in [1.29, 1.82) is 0 Å². The van der Waals surface area contributed by atoms with Crippen molar-refractivity contribution < 1.29 is 14.3 Å². The fraction of sp³-hybridized carbons (Fsp3) is 0.375. The van der Waals surface area contributed by atoms with Crippen LogP contribution < -0.4 is 5.32 Å². The van der Waals surface area contributed by atoms with Crippen LogP contribution in [0.5, 0.6) is 0 Å². The van der Waals surface area contributed by atoms with Gasteiger partial charge in [-0.1, -0.05) is 15.9 Å². The van der Waals surface area contributed by atoms with Crippen molar-refractivity contribution in [2.75, 3.05) is 17.8 Å². The van der Waals surface area contributed by atoms with Crippen molar-refractivity contribution in [2.45, 2.75) is 0 Å². The summed E-state index contributed by atoms with van der Waals surface area (Å²) in [5.74, 6) is -0.798. The molecule has 0 radical (unpaired) electrons. The third-order valence-corrected chi connectivity index (χ3v) is 2.22. The van der Waals surface area contributed by atoms with E-state index in [2.05, 4.69) is 31.1 Å². The second kappa shape index (κ2) is 4.92. The van der Waals surface area contributed by atoms with Crippen LogP contribution in [0.25, 0.3) is 0 Å². The monoisotopic (exact) mass is 275 g/mol. The summed E-state index contributed by atoms with van der Waals surface area (Å²) in [5, 5.41) is 6.54. The van der Waals surface area contributed by atoms with Crippen molar-refractivity contribution in [3.8, 4) is 0 Å². The van der Waals surface area contributed by atoms with Gasteiger partial charge < -0.3 is 10.1 Å². The Kier molecular flexibility index (Phi) is 3.84. The molecule has 0 bridgehead atoms. The fourth-order valence-corrected chi connectivity index (χ4v) is 1.19. The number of nitrogens with zero attached hydrogens (tertiary/aromatic N) is 2. The summed E-state index contributed by atoms with van der Waals surface area (Å²) < 4.78 is 5.91. The Hall–Kier alpha value is -1.37. The maximum absolute atomic E-state index is 11.3. The van der Waals surface area contributed by atoms with Gasteiger partial charge in [-0.15, -0.1) is 0 Å². The minimum absolute atomic E-state index is 0.155. The first-order chi connectivity index (χ1) is 7.10. The highest BCUT2D eigenvalue weighted by molar-refractivity contribution is 9.09. The van der Waals surface area contributed by atoms with Crippen LogP contribution in [-0.2, 0) is 16.6 Å². The number of hydrogen-bond donors (Lipinski definition) is 1. The number of hydrogen-bond acceptors (Lipinski definition) is 4. The Morgan fingerprint density at radius 2 is 2.33 bits per heavy atom. The quantitative estimate of drug-likeness (QED) is 0.646. The van der Waals surface area contributed by atoms with Gasteiger partial charge in [0.2, 0.25) is 5.91 Å². The molecule has 1 N–H and O–H groups in total. The average Bonchev–Trinajstić information content (AvgIpc) is 2.58. The van der Waals surface area contributed by atoms with E-state index in [9.17, 15) is 9.59 Å². The average molecular weight is 276 g/mol. The number of alkyl halides is 1. The van der Waals surface area contributed by atoms with Gasteiger partial charge in [0.25, 0.3) is 0 Å². The van der Waals surface area contributed by atoms with Gasteiger partial charge >= 0.3 is 5.97 Å². The molecule has 0 aromatic carbocycles. The Bertz CT molecular complexity index is 388. The summed E-state index contributed by atoms with van der Waals surface area (Å²) >= 11 is 3.00. The second-order valence-electron chi connectivity index (χ2n) is 2.70. The molecular formula is C8H10BrN3O3. The Morgan fingerprint density at radius 3 is 2.87 bits per heavy atom. The van der Waals surface area contributed by atoms with Crippen LogP contribution >= 0.6 is 15.9 Å². The van der Waals surface area contributed by atoms with E-state index in [-0.39, 0.29) is 16.9 Å². The lowest BCUT2D eigenvalue weighted by atomic mass is 10.3. The highest BCUT2D eigenvalue weighted by atomic mass is 79.9. The smallest absolute Gasteiger partial charge is 0.358 e. The molecule has 15 heavy (non-hydrogen) atoms. The zero-order chi connectivity index (χ0) is 11.4. The van der Waals surface area contributed by atoms with Crippen LogP contribution in [0.15, 0.2) is 6.20 Å². The number of esters is 1. The second-order valence-corrected chi connectivity index (χ2v) is 3.26. The number of anilines is 1. The van der Waals surface area contributed by atoms with Crippen molar-refractivity contribution in [3.63, 3.8) is 0 Å². The zero-order valence-corrected chi connectivity index (χ0v) is 9.87. The van der Waals surface area contributed by atoms with E-state index in [0.717, 1.165) is 0 Å². The molecule has 7 heteroatoms. The van der Waals surface area contributed by atoms with Gasteiger partial charge in [-0.2, -0.15) is 5.10 Å². The molecule has 1 rings (SSSR count). The topological polar surface area (TPSA) is 73.2 Å². The molecule has 0 aliphatic rings. The largest absolute Gasteiger partial charge is 0.464 e. The Balaban J connectivity index is 2.98. The Morgan fingerprint density at radius 1 is 1.67 bits per heavy atom. The van der Waals surface area contributed by atoms with E-state index in [0.29, 0.717) is 5.69 Å². The molecule has 0 spiro atoms. The molecule has 1 aromatic rings. The van der Waals surface area contributed by atoms with Gasteiger partial charge in [-0.3, -0.25) is 9.48 Å². The van der Waals surface area contributed by atoms with Gasteiger partial charge in [0.15, 0.2) is 5.69 Å². The molecule has 1 aromatic heterocycles. The number of aryl methyl sites for hydroxylation is 1. The number of methoxy groups -OCH3 is 1. The molecule has 0 aliphatic carbocycles. The van der Waals surface area contributed by atoms with Crippen LogP contribution in [0.1, 0.15) is 10.5 Å². The molecule has 1 heterocycles. The number of ether oxygens (including phenoxy) is 1. The molecule has 82 valence electrons. The van der Waals surface area contributed by atoms with E-state index in [4.69, 9.17) is 0 Å². The SMILES string of the molecule is COC(=O)c1c(NC(=O)CBr)cnn1C. The molecule has 0 atom stereocenters. The molecule has 0 saturated carbocycles. The number of carbonyl (C=O) groups is 2. The molecule has 6 nitrogen and oxygen atoms in total. The van der Waals surface area contributed by atoms with E-state index in [1.54, 1.807) is 7.05 Å². The van der Waals surface area contributed by atoms with Gasteiger partial charge in [0.05, 0.1) is 24.3 Å². The zero-order valence-electron chi connectivity index (χ0n) is 8.28. The molecule has 1 amide bonds. The van der Waals surface area contributed by atoms with Crippen molar-refractivity contribution in [1.82, 2.24) is 9.78 Å². The first-order valence-electron chi connectivity index (χ1n) is 4.06. The van der Waals surface area contributed by atoms with Crippen molar-refractivity contribution >= 4 is 33.5 Å². The standard InChI is InChI=1S/C8H10BrN3O3/c1-12-7(8(14)15-2)5(4-10-12)11-6(13)3-9/h4H,3H2,1-2H3,(H,11,13). The number of carbonyl (C=O) groups excluding carboxylic acids is 2. The minimum Gasteiger partial charge on any atom is -0.464 e. The van der Waals surface area contributed by atoms with Crippen molar-refractivity contribution in [2.24, 2.45) is 7.05 Å². The third kappa shape index (κ3) is 2.56. The molecule has 0 unspecified atom stereocenters. The predicted octanol–water partition coefficient (Wildman–Crippen LogP) is 0.540. The highest BCUT2D eigenvalue weighted by Gasteiger charge is 2.18. The Labute approximate surface area is 94.7 Å². The number of nitrogens with one attached hydrogen (secondary N) is 1. The third-order valence-electron chi connectivity index (χ3n) is 1.71. The fourth-order valence-electron chi connectivity index (χ4n) is 1.05. The van der Waals surface area contributed by atoms with E-state index >= 15 is 0 Å². The van der Waals surface area contributed by atoms with E-state index in [1.807, 2.05) is 0 Å². The highest BCUT2D eigenvalue weighted by Crippen LogP contribution is 2.14. The maximum atomic E-state index is 11.3. The summed E-state index contributed by atoms with van der Waals surface area (Å²) in [6.07, 6.45) is 1.40. The number of rotatable bonds is 3. The molecule has 0 saturated heterocycles. The maximum Gasteiger partial charge on any atom is 0.358 e. The van der Waals surface area contributed by atoms with Gasteiger partial charge in [-0.05, 0) is 0 Å². The lowest BCUT2D eigenvalue weighted by Crippen LogP contribution is -2.16. The van der Waals surface area contributed by atoms with Gasteiger partial charge in [0.1, 0.15) is 0 Å². The normalized spacial score (nSPS) is 9.80. The number of aromatic nitrogens is 2. The number of halogens is 1. The molecule has 0 aliphatic heterocycles. The van der Waals surface area contributed by atoms with Crippen LogP contribution in [0.3, 0.4) is 0 Å². The van der Waals surface area contributed by atoms with Crippen LogP contribution in [0.4, 0.5) is 5.69 Å². The first kappa shape index (κ1) is 11.7. The van der Waals surface area contributed by atoms with Gasteiger partial charge in [0, 0.05) is 7.05 Å². The van der Waals surface area contributed by atoms with Crippen LogP contribution in [-0.4, -0.2) is 34.1 Å². The van der Waals surface area contributed by atoms with E-state index < -0.39 is 5.97 Å². The molecular weight excluding hydrogens is 266 g/mol. The van der Waals surface area contributed by atoms with Crippen LogP contribution in [0.2, 0.25) is 0 Å². The van der Waals surface area contributed by atoms with Crippen molar-refractivity contribution in [3.05, 3.63) is 11.9 Å². The van der Waals surface area contributed by atoms with E-state index in [1.165, 1.54) is 18.0 Å². The summed E-state index contributed by atoms with van der Waals surface area (Å²) in [6.45, 7) is 0. The predicted molar refractivity (Wildman–Crippen MR) is 57.0 cm³/mol. The first-order valence-corrected chi connectivity index (χ1v) is 5.18. The number of amides is 1. The summed E-state index contributed by atoms with van der Waals surface area (Å²) in [7, 11) is 2.86. The summed E-state index contributed by atoms with van der Waals surface area (Å²) in [5.41, 5.74) is 0.556. The minimum atomic E-state index is -0.542. The lowest BCUT2D eigenvalue weighted by molar-refractivity contribution is -0.113.